The summed E-state index contributed by atoms with van der Waals surface area (Å²) in [5.41, 5.74) is 6.69. The lowest BCUT2D eigenvalue weighted by Gasteiger charge is -2.26. The molecule has 1 aromatic carbocycles. The van der Waals surface area contributed by atoms with Gasteiger partial charge in [0.2, 0.25) is 0 Å². The summed E-state index contributed by atoms with van der Waals surface area (Å²) in [5.74, 6) is 0.0505. The highest BCUT2D eigenvalue weighted by atomic mass is 16.2. The fourth-order valence-corrected chi connectivity index (χ4v) is 3.35. The summed E-state index contributed by atoms with van der Waals surface area (Å²) in [6.07, 6.45) is 2.30. The van der Waals surface area contributed by atoms with Gasteiger partial charge in [-0.1, -0.05) is 60.1 Å². The van der Waals surface area contributed by atoms with Gasteiger partial charge in [-0.05, 0) is 41.9 Å². The maximum Gasteiger partial charge on any atom is 0.330 e. The smallest absolute Gasteiger partial charge is 0.330 e. The number of hydrogen-bond donors (Lipinski definition) is 2. The number of hydrogen-bond acceptors (Lipinski definition) is 4. The Morgan fingerprint density at radius 2 is 1.77 bits per heavy atom. The zero-order valence-corrected chi connectivity index (χ0v) is 19.6. The number of amides is 1. The van der Waals surface area contributed by atoms with Crippen molar-refractivity contribution in [3.63, 3.8) is 0 Å². The van der Waals surface area contributed by atoms with Crippen molar-refractivity contribution in [3.05, 3.63) is 56.2 Å². The zero-order valence-electron chi connectivity index (χ0n) is 19.6. The Hall–Kier alpha value is -2.83. The second-order valence-corrected chi connectivity index (χ2v) is 9.46. The molecule has 1 aromatic heterocycles. The normalized spacial score (nSPS) is 11.7. The summed E-state index contributed by atoms with van der Waals surface area (Å²) in [4.78, 5) is 42.3. The number of nitrogens with zero attached hydrogens (tertiary/aromatic N) is 2. The molecule has 170 valence electrons. The van der Waals surface area contributed by atoms with E-state index in [0.717, 1.165) is 18.4 Å². The molecular formula is C24H36N4O3. The Morgan fingerprint density at radius 1 is 1.16 bits per heavy atom. The maximum absolute atomic E-state index is 13.5. The average molecular weight is 429 g/mol. The molecule has 0 fully saturated rings. The first kappa shape index (κ1) is 24.4. The van der Waals surface area contributed by atoms with Gasteiger partial charge in [-0.3, -0.25) is 19.1 Å². The second kappa shape index (κ2) is 9.98. The number of rotatable bonds is 8. The molecule has 7 heteroatoms. The number of nitrogen functional groups attached to an aromatic ring is 1. The van der Waals surface area contributed by atoms with Crippen LogP contribution in [0.5, 0.6) is 0 Å². The lowest BCUT2D eigenvalue weighted by molar-refractivity contribution is 0.0985. The van der Waals surface area contributed by atoms with Crippen LogP contribution in [0, 0.1) is 5.92 Å². The number of benzene rings is 1. The standard InChI is InChI=1S/C24H36N4O3/c1-7-8-14-28-20(25)19(21(29)26-23(28)31)27(15-13-16(2)3)22(30)17-9-11-18(12-10-17)24(4,5)6/h9-12,16H,7-8,13-15,25H2,1-6H3,(H,26,29,31). The molecule has 0 aliphatic heterocycles. The third-order valence-corrected chi connectivity index (χ3v) is 5.39. The van der Waals surface area contributed by atoms with E-state index in [9.17, 15) is 14.4 Å². The van der Waals surface area contributed by atoms with Crippen LogP contribution < -0.4 is 21.9 Å². The zero-order chi connectivity index (χ0) is 23.3. The minimum atomic E-state index is -0.640. The molecule has 2 aromatic rings. The number of carbonyl (C=O) groups is 1. The van der Waals surface area contributed by atoms with Gasteiger partial charge in [0, 0.05) is 18.7 Å². The first-order valence-corrected chi connectivity index (χ1v) is 11.0. The highest BCUT2D eigenvalue weighted by Gasteiger charge is 2.26. The number of carbonyl (C=O) groups excluding carboxylic acids is 1. The van der Waals surface area contributed by atoms with E-state index in [-0.39, 0.29) is 22.8 Å². The highest BCUT2D eigenvalue weighted by Crippen LogP contribution is 2.25. The van der Waals surface area contributed by atoms with Crippen molar-refractivity contribution in [1.29, 1.82) is 0 Å². The maximum atomic E-state index is 13.5. The minimum Gasteiger partial charge on any atom is -0.383 e. The van der Waals surface area contributed by atoms with E-state index in [1.807, 2.05) is 19.1 Å². The van der Waals surface area contributed by atoms with E-state index in [1.165, 1.54) is 9.47 Å². The molecule has 0 atom stereocenters. The van der Waals surface area contributed by atoms with Gasteiger partial charge in [-0.25, -0.2) is 4.79 Å². The third kappa shape index (κ3) is 5.87. The van der Waals surface area contributed by atoms with Gasteiger partial charge in [0.25, 0.3) is 11.5 Å². The predicted octanol–water partition coefficient (Wildman–Crippen LogP) is 3.91. The van der Waals surface area contributed by atoms with E-state index in [2.05, 4.69) is 39.6 Å². The predicted molar refractivity (Wildman–Crippen MR) is 127 cm³/mol. The molecule has 7 nitrogen and oxygen atoms in total. The molecular weight excluding hydrogens is 392 g/mol. The van der Waals surface area contributed by atoms with Crippen LogP contribution in [-0.2, 0) is 12.0 Å². The molecule has 0 radical (unpaired) electrons. The van der Waals surface area contributed by atoms with Gasteiger partial charge in [0.05, 0.1) is 0 Å². The van der Waals surface area contributed by atoms with Crippen molar-refractivity contribution in [2.24, 2.45) is 5.92 Å². The Morgan fingerprint density at radius 3 is 2.29 bits per heavy atom. The lowest BCUT2D eigenvalue weighted by Crippen LogP contribution is -2.42. The molecule has 1 heterocycles. The van der Waals surface area contributed by atoms with Crippen molar-refractivity contribution in [2.75, 3.05) is 17.2 Å². The fraction of sp³-hybridized carbons (Fsp3) is 0.542. The average Bonchev–Trinajstić information content (AvgIpc) is 2.69. The first-order valence-electron chi connectivity index (χ1n) is 11.0. The molecule has 0 unspecified atom stereocenters. The number of anilines is 2. The lowest BCUT2D eigenvalue weighted by atomic mass is 9.86. The topological polar surface area (TPSA) is 101 Å². The fourth-order valence-electron chi connectivity index (χ4n) is 3.35. The van der Waals surface area contributed by atoms with Gasteiger partial charge in [-0.15, -0.1) is 0 Å². The van der Waals surface area contributed by atoms with E-state index >= 15 is 0 Å². The Kier molecular flexibility index (Phi) is 7.87. The molecule has 0 spiro atoms. The summed E-state index contributed by atoms with van der Waals surface area (Å²) >= 11 is 0. The van der Waals surface area contributed by atoms with Crippen molar-refractivity contribution in [1.82, 2.24) is 9.55 Å². The van der Waals surface area contributed by atoms with Crippen LogP contribution in [0.4, 0.5) is 11.5 Å². The van der Waals surface area contributed by atoms with Gasteiger partial charge in [0.1, 0.15) is 5.82 Å². The molecule has 0 bridgehead atoms. The molecule has 31 heavy (non-hydrogen) atoms. The van der Waals surface area contributed by atoms with E-state index in [0.29, 0.717) is 31.0 Å². The Balaban J connectivity index is 2.55. The number of aromatic nitrogens is 2. The van der Waals surface area contributed by atoms with E-state index < -0.39 is 11.2 Å². The quantitative estimate of drug-likeness (QED) is 0.665. The molecule has 0 aliphatic carbocycles. The van der Waals surface area contributed by atoms with Crippen LogP contribution in [0.2, 0.25) is 0 Å². The van der Waals surface area contributed by atoms with Crippen molar-refractivity contribution in [2.45, 2.75) is 72.8 Å². The summed E-state index contributed by atoms with van der Waals surface area (Å²) < 4.78 is 1.35. The monoisotopic (exact) mass is 428 g/mol. The first-order chi connectivity index (χ1) is 14.5. The summed E-state index contributed by atoms with van der Waals surface area (Å²) in [6, 6.07) is 7.43. The van der Waals surface area contributed by atoms with E-state index in [4.69, 9.17) is 5.73 Å². The molecule has 0 saturated carbocycles. The molecule has 1 amide bonds. The molecule has 0 aliphatic rings. The summed E-state index contributed by atoms with van der Waals surface area (Å²) in [6.45, 7) is 13.2. The number of unbranched alkanes of at least 4 members (excludes halogenated alkanes) is 1. The Labute approximate surface area is 184 Å². The van der Waals surface area contributed by atoms with Gasteiger partial charge < -0.3 is 10.6 Å². The SMILES string of the molecule is CCCCn1c(N)c(N(CCC(C)C)C(=O)c2ccc(C(C)(C)C)cc2)c(=O)[nH]c1=O. The Bertz CT molecular complexity index is 1010. The number of nitrogens with one attached hydrogen (secondary N) is 1. The van der Waals surface area contributed by atoms with Crippen LogP contribution in [0.3, 0.4) is 0 Å². The van der Waals surface area contributed by atoms with Crippen molar-refractivity contribution >= 4 is 17.4 Å². The van der Waals surface area contributed by atoms with Crippen LogP contribution >= 0.6 is 0 Å². The van der Waals surface area contributed by atoms with Crippen LogP contribution in [0.1, 0.15) is 76.7 Å². The minimum absolute atomic E-state index is 0.0325. The van der Waals surface area contributed by atoms with Crippen molar-refractivity contribution in [3.8, 4) is 0 Å². The summed E-state index contributed by atoms with van der Waals surface area (Å²) in [7, 11) is 0. The number of nitrogens with two attached hydrogens (primary N) is 1. The van der Waals surface area contributed by atoms with Crippen LogP contribution in [-0.4, -0.2) is 22.0 Å². The second-order valence-electron chi connectivity index (χ2n) is 9.46. The highest BCUT2D eigenvalue weighted by molar-refractivity contribution is 6.07. The number of aromatic amines is 1. The molecule has 2 rings (SSSR count). The van der Waals surface area contributed by atoms with Crippen LogP contribution in [0.25, 0.3) is 0 Å². The van der Waals surface area contributed by atoms with Crippen LogP contribution in [0.15, 0.2) is 33.9 Å². The van der Waals surface area contributed by atoms with Gasteiger partial charge in [0.15, 0.2) is 5.69 Å². The molecule has 0 saturated heterocycles. The largest absolute Gasteiger partial charge is 0.383 e. The number of H-pyrrole nitrogens is 1. The third-order valence-electron chi connectivity index (χ3n) is 5.39. The summed E-state index contributed by atoms with van der Waals surface area (Å²) in [5, 5.41) is 0. The van der Waals surface area contributed by atoms with Gasteiger partial charge in [-0.2, -0.15) is 0 Å². The van der Waals surface area contributed by atoms with Gasteiger partial charge >= 0.3 is 5.69 Å². The molecule has 3 N–H and O–H groups in total. The van der Waals surface area contributed by atoms with E-state index in [1.54, 1.807) is 12.1 Å². The van der Waals surface area contributed by atoms with Crippen molar-refractivity contribution < 1.29 is 4.79 Å².